The highest BCUT2D eigenvalue weighted by Crippen LogP contribution is 2.21. The van der Waals surface area contributed by atoms with Crippen LogP contribution >= 0.6 is 11.3 Å². The zero-order valence-corrected chi connectivity index (χ0v) is 14.1. The number of carbonyl (C=O) groups excluding carboxylic acids is 1. The SMILES string of the molecule is Cc1nc(-c2ccc(CCNC(=O)c3cccc(F)c3)cc2)cs1. The minimum absolute atomic E-state index is 0.260. The second kappa shape index (κ2) is 7.36. The van der Waals surface area contributed by atoms with Crippen molar-refractivity contribution in [2.24, 2.45) is 0 Å². The lowest BCUT2D eigenvalue weighted by atomic mass is 10.1. The molecule has 0 spiro atoms. The molecule has 1 heterocycles. The van der Waals surface area contributed by atoms with Gasteiger partial charge in [0.05, 0.1) is 10.7 Å². The molecule has 0 saturated carbocycles. The van der Waals surface area contributed by atoms with E-state index in [1.807, 2.05) is 36.6 Å². The van der Waals surface area contributed by atoms with Crippen LogP contribution in [0.25, 0.3) is 11.3 Å². The van der Waals surface area contributed by atoms with Crippen molar-refractivity contribution in [2.75, 3.05) is 6.54 Å². The molecule has 0 unspecified atom stereocenters. The van der Waals surface area contributed by atoms with Crippen LogP contribution in [0.5, 0.6) is 0 Å². The van der Waals surface area contributed by atoms with E-state index in [9.17, 15) is 9.18 Å². The van der Waals surface area contributed by atoms with Gasteiger partial charge in [0.15, 0.2) is 0 Å². The van der Waals surface area contributed by atoms with Crippen molar-refractivity contribution in [3.05, 3.63) is 75.9 Å². The quantitative estimate of drug-likeness (QED) is 0.755. The minimum Gasteiger partial charge on any atom is -0.352 e. The Labute approximate surface area is 144 Å². The van der Waals surface area contributed by atoms with Gasteiger partial charge in [-0.3, -0.25) is 4.79 Å². The predicted octanol–water partition coefficient (Wildman–Crippen LogP) is 4.23. The number of aromatic nitrogens is 1. The van der Waals surface area contributed by atoms with E-state index in [0.717, 1.165) is 28.2 Å². The first-order chi connectivity index (χ1) is 11.6. The molecule has 5 heteroatoms. The molecule has 1 amide bonds. The Morgan fingerprint density at radius 2 is 2.00 bits per heavy atom. The third-order valence-electron chi connectivity index (χ3n) is 3.65. The predicted molar refractivity (Wildman–Crippen MR) is 94.7 cm³/mol. The molecule has 2 aromatic carbocycles. The molecule has 0 aliphatic carbocycles. The fraction of sp³-hybridized carbons (Fsp3) is 0.158. The number of benzene rings is 2. The third-order valence-corrected chi connectivity index (χ3v) is 4.43. The molecule has 0 saturated heterocycles. The van der Waals surface area contributed by atoms with Crippen molar-refractivity contribution in [3.63, 3.8) is 0 Å². The Balaban J connectivity index is 1.54. The van der Waals surface area contributed by atoms with Gasteiger partial charge in [0.1, 0.15) is 5.82 Å². The van der Waals surface area contributed by atoms with Gasteiger partial charge in [-0.1, -0.05) is 30.3 Å². The number of aryl methyl sites for hydroxylation is 1. The molecule has 0 atom stereocenters. The number of thiazole rings is 1. The van der Waals surface area contributed by atoms with Crippen molar-refractivity contribution in [1.29, 1.82) is 0 Å². The Bertz CT molecular complexity index is 843. The van der Waals surface area contributed by atoms with Gasteiger partial charge in [0.25, 0.3) is 5.91 Å². The van der Waals surface area contributed by atoms with E-state index < -0.39 is 5.82 Å². The van der Waals surface area contributed by atoms with Gasteiger partial charge >= 0.3 is 0 Å². The van der Waals surface area contributed by atoms with Crippen molar-refractivity contribution < 1.29 is 9.18 Å². The summed E-state index contributed by atoms with van der Waals surface area (Å²) in [7, 11) is 0. The van der Waals surface area contributed by atoms with Gasteiger partial charge in [-0.15, -0.1) is 11.3 Å². The molecule has 122 valence electrons. The number of nitrogens with zero attached hydrogens (tertiary/aromatic N) is 1. The molecule has 0 fully saturated rings. The van der Waals surface area contributed by atoms with E-state index in [1.165, 1.54) is 18.2 Å². The average Bonchev–Trinajstić information content (AvgIpc) is 3.02. The van der Waals surface area contributed by atoms with Crippen molar-refractivity contribution in [2.45, 2.75) is 13.3 Å². The normalized spacial score (nSPS) is 10.6. The summed E-state index contributed by atoms with van der Waals surface area (Å²) in [5, 5.41) is 5.90. The Hall–Kier alpha value is -2.53. The van der Waals surface area contributed by atoms with Crippen LogP contribution in [0.1, 0.15) is 20.9 Å². The van der Waals surface area contributed by atoms with Crippen LogP contribution in [0.15, 0.2) is 53.9 Å². The summed E-state index contributed by atoms with van der Waals surface area (Å²) in [6.45, 7) is 2.49. The second-order valence-electron chi connectivity index (χ2n) is 5.46. The molecule has 0 aliphatic heterocycles. The number of hydrogen-bond donors (Lipinski definition) is 1. The highest BCUT2D eigenvalue weighted by Gasteiger charge is 2.06. The van der Waals surface area contributed by atoms with Crippen molar-refractivity contribution >= 4 is 17.2 Å². The smallest absolute Gasteiger partial charge is 0.251 e. The van der Waals surface area contributed by atoms with E-state index in [4.69, 9.17) is 0 Å². The minimum atomic E-state index is -0.407. The van der Waals surface area contributed by atoms with Crippen LogP contribution in [0, 0.1) is 12.7 Å². The Morgan fingerprint density at radius 1 is 1.21 bits per heavy atom. The summed E-state index contributed by atoms with van der Waals surface area (Å²) < 4.78 is 13.1. The van der Waals surface area contributed by atoms with Crippen LogP contribution in [0.4, 0.5) is 4.39 Å². The average molecular weight is 340 g/mol. The fourth-order valence-corrected chi connectivity index (χ4v) is 3.01. The second-order valence-corrected chi connectivity index (χ2v) is 6.53. The van der Waals surface area contributed by atoms with Crippen molar-refractivity contribution in [1.82, 2.24) is 10.3 Å². The molecule has 0 bridgehead atoms. The number of nitrogens with one attached hydrogen (secondary N) is 1. The van der Waals surface area contributed by atoms with Gasteiger partial charge < -0.3 is 5.32 Å². The fourth-order valence-electron chi connectivity index (χ4n) is 2.39. The summed E-state index contributed by atoms with van der Waals surface area (Å²) >= 11 is 1.63. The molecule has 3 rings (SSSR count). The molecule has 24 heavy (non-hydrogen) atoms. The summed E-state index contributed by atoms with van der Waals surface area (Å²) in [4.78, 5) is 16.4. The van der Waals surface area contributed by atoms with E-state index in [1.54, 1.807) is 17.4 Å². The number of hydrogen-bond acceptors (Lipinski definition) is 3. The molecule has 0 aliphatic rings. The lowest BCUT2D eigenvalue weighted by molar-refractivity contribution is 0.0953. The van der Waals surface area contributed by atoms with Gasteiger partial charge in [-0.05, 0) is 37.1 Å². The zero-order chi connectivity index (χ0) is 16.9. The largest absolute Gasteiger partial charge is 0.352 e. The first-order valence-corrected chi connectivity index (χ1v) is 8.55. The maximum absolute atomic E-state index is 13.1. The van der Waals surface area contributed by atoms with Gasteiger partial charge in [-0.25, -0.2) is 9.37 Å². The first kappa shape index (κ1) is 16.3. The molecule has 0 radical (unpaired) electrons. The zero-order valence-electron chi connectivity index (χ0n) is 13.3. The maximum atomic E-state index is 13.1. The molecule has 3 aromatic rings. The van der Waals surface area contributed by atoms with Crippen LogP contribution in [0.3, 0.4) is 0 Å². The first-order valence-electron chi connectivity index (χ1n) is 7.67. The molecular weight excluding hydrogens is 323 g/mol. The standard InChI is InChI=1S/C19H17FN2OS/c1-13-22-18(12-24-13)15-7-5-14(6-8-15)9-10-21-19(23)16-3-2-4-17(20)11-16/h2-8,11-12H,9-10H2,1H3,(H,21,23). The number of halogens is 1. The topological polar surface area (TPSA) is 42.0 Å². The number of amides is 1. The van der Waals surface area contributed by atoms with E-state index in [2.05, 4.69) is 10.3 Å². The Kier molecular flexibility index (Phi) is 5.01. The van der Waals surface area contributed by atoms with E-state index >= 15 is 0 Å². The van der Waals surface area contributed by atoms with Gasteiger partial charge in [-0.2, -0.15) is 0 Å². The highest BCUT2D eigenvalue weighted by molar-refractivity contribution is 7.09. The Morgan fingerprint density at radius 3 is 2.67 bits per heavy atom. The van der Waals surface area contributed by atoms with Gasteiger partial charge in [0, 0.05) is 23.1 Å². The highest BCUT2D eigenvalue weighted by atomic mass is 32.1. The van der Waals surface area contributed by atoms with E-state index in [0.29, 0.717) is 12.1 Å². The van der Waals surface area contributed by atoms with Crippen LogP contribution in [-0.4, -0.2) is 17.4 Å². The molecule has 1 aromatic heterocycles. The summed E-state index contributed by atoms with van der Waals surface area (Å²) in [6.07, 6.45) is 0.720. The molecular formula is C19H17FN2OS. The molecule has 1 N–H and O–H groups in total. The monoisotopic (exact) mass is 340 g/mol. The van der Waals surface area contributed by atoms with Crippen LogP contribution < -0.4 is 5.32 Å². The summed E-state index contributed by atoms with van der Waals surface area (Å²) in [5.41, 5.74) is 3.55. The maximum Gasteiger partial charge on any atom is 0.251 e. The number of rotatable bonds is 5. The third kappa shape index (κ3) is 4.06. The molecule has 3 nitrogen and oxygen atoms in total. The van der Waals surface area contributed by atoms with Crippen LogP contribution in [0.2, 0.25) is 0 Å². The summed E-state index contributed by atoms with van der Waals surface area (Å²) in [6, 6.07) is 13.8. The number of carbonyl (C=O) groups is 1. The van der Waals surface area contributed by atoms with Gasteiger partial charge in [0.2, 0.25) is 0 Å². The lowest BCUT2D eigenvalue weighted by Crippen LogP contribution is -2.25. The summed E-state index contributed by atoms with van der Waals surface area (Å²) in [5.74, 6) is -0.667. The lowest BCUT2D eigenvalue weighted by Gasteiger charge is -2.06. The van der Waals surface area contributed by atoms with Crippen molar-refractivity contribution in [3.8, 4) is 11.3 Å². The van der Waals surface area contributed by atoms with E-state index in [-0.39, 0.29) is 5.91 Å². The van der Waals surface area contributed by atoms with Crippen LogP contribution in [-0.2, 0) is 6.42 Å².